The number of ether oxygens (including phenoxy) is 1. The third-order valence-electron chi connectivity index (χ3n) is 2.68. The molecule has 0 aliphatic heterocycles. The Morgan fingerprint density at radius 3 is 2.70 bits per heavy atom. The number of methoxy groups -OCH3 is 1. The van der Waals surface area contributed by atoms with Crippen LogP contribution in [0.1, 0.15) is 24.8 Å². The van der Waals surface area contributed by atoms with E-state index in [0.717, 1.165) is 12.5 Å². The number of nitrogens with one attached hydrogen (secondary N) is 1. The molecule has 0 radical (unpaired) electrons. The van der Waals surface area contributed by atoms with Crippen LogP contribution in [0.5, 0.6) is 0 Å². The lowest BCUT2D eigenvalue weighted by Gasteiger charge is -2.07. The van der Waals surface area contributed by atoms with Crippen molar-refractivity contribution >= 4 is 17.6 Å². The van der Waals surface area contributed by atoms with E-state index < -0.39 is 11.8 Å². The van der Waals surface area contributed by atoms with Gasteiger partial charge in [-0.3, -0.25) is 9.59 Å². The van der Waals surface area contributed by atoms with Crippen LogP contribution in [-0.2, 0) is 20.7 Å². The molecule has 0 aliphatic carbocycles. The van der Waals surface area contributed by atoms with E-state index in [1.807, 2.05) is 0 Å². The maximum atomic E-state index is 13.6. The van der Waals surface area contributed by atoms with Crippen molar-refractivity contribution in [1.82, 2.24) is 0 Å². The molecule has 110 valence electrons. The molecule has 0 unspecified atom stereocenters. The van der Waals surface area contributed by atoms with Crippen LogP contribution >= 0.6 is 0 Å². The summed E-state index contributed by atoms with van der Waals surface area (Å²) in [6.45, 7) is 0.603. The monoisotopic (exact) mass is 283 g/mol. The molecule has 1 aromatic carbocycles. The normalized spacial score (nSPS) is 10.3. The molecule has 0 aromatic heterocycles. The zero-order valence-corrected chi connectivity index (χ0v) is 11.3. The molecule has 0 aliphatic rings. The molecule has 0 bridgehead atoms. The highest BCUT2D eigenvalue weighted by atomic mass is 19.1. The molecule has 0 saturated carbocycles. The number of rotatable bonds is 8. The van der Waals surface area contributed by atoms with Crippen LogP contribution in [0.3, 0.4) is 0 Å². The number of carbonyl (C=O) groups excluding carboxylic acids is 1. The maximum absolute atomic E-state index is 13.6. The fourth-order valence-corrected chi connectivity index (χ4v) is 1.69. The molecule has 5 nitrogen and oxygen atoms in total. The summed E-state index contributed by atoms with van der Waals surface area (Å²) in [5.74, 6) is -1.94. The number of anilines is 1. The van der Waals surface area contributed by atoms with E-state index in [-0.39, 0.29) is 17.9 Å². The predicted octanol–water partition coefficient (Wildman–Crippen LogP) is 2.21. The molecule has 2 N–H and O–H groups in total. The van der Waals surface area contributed by atoms with E-state index in [4.69, 9.17) is 9.84 Å². The number of hydrogen-bond acceptors (Lipinski definition) is 3. The van der Waals surface area contributed by atoms with Crippen LogP contribution in [0.25, 0.3) is 0 Å². The largest absolute Gasteiger partial charge is 0.481 e. The summed E-state index contributed by atoms with van der Waals surface area (Å²) in [5, 5.41) is 11.2. The van der Waals surface area contributed by atoms with Gasteiger partial charge in [0.1, 0.15) is 5.82 Å². The van der Waals surface area contributed by atoms with Gasteiger partial charge in [0.15, 0.2) is 0 Å². The quantitative estimate of drug-likeness (QED) is 0.717. The number of benzene rings is 1. The highest BCUT2D eigenvalue weighted by Crippen LogP contribution is 2.15. The summed E-state index contributed by atoms with van der Waals surface area (Å²) in [6.07, 6.45) is 1.44. The van der Waals surface area contributed by atoms with Gasteiger partial charge in [-0.1, -0.05) is 6.07 Å². The van der Waals surface area contributed by atoms with E-state index in [2.05, 4.69) is 5.32 Å². The summed E-state index contributed by atoms with van der Waals surface area (Å²) in [5.41, 5.74) is 0.420. The molecular formula is C14H18FNO4. The number of aliphatic carboxylic acids is 1. The third-order valence-corrected chi connectivity index (χ3v) is 2.68. The van der Waals surface area contributed by atoms with E-state index in [1.165, 1.54) is 12.1 Å². The second kappa shape index (κ2) is 8.27. The Morgan fingerprint density at radius 1 is 1.35 bits per heavy atom. The fraction of sp³-hybridized carbons (Fsp3) is 0.429. The summed E-state index contributed by atoms with van der Waals surface area (Å²) < 4.78 is 18.5. The molecule has 0 atom stereocenters. The number of hydrogen-bond donors (Lipinski definition) is 2. The lowest BCUT2D eigenvalue weighted by atomic mass is 10.1. The number of halogens is 1. The van der Waals surface area contributed by atoms with E-state index in [1.54, 1.807) is 7.11 Å². The molecule has 20 heavy (non-hydrogen) atoms. The highest BCUT2D eigenvalue weighted by molar-refractivity contribution is 5.90. The first kappa shape index (κ1) is 16.1. The Bertz CT molecular complexity index is 476. The predicted molar refractivity (Wildman–Crippen MR) is 72.1 cm³/mol. The van der Waals surface area contributed by atoms with E-state index in [9.17, 15) is 14.0 Å². The van der Waals surface area contributed by atoms with Gasteiger partial charge in [0.25, 0.3) is 0 Å². The van der Waals surface area contributed by atoms with Gasteiger partial charge >= 0.3 is 5.97 Å². The Kier molecular flexibility index (Phi) is 6.66. The molecule has 1 rings (SSSR count). The standard InChI is InChI=1S/C14H18FNO4/c1-20-7-3-2-4-13(17)16-11-6-5-10(8-14(18)19)12(15)9-11/h5-6,9H,2-4,7-8H2,1H3,(H,16,17)(H,18,19). The van der Waals surface area contributed by atoms with E-state index in [0.29, 0.717) is 25.1 Å². The Balaban J connectivity index is 2.50. The third kappa shape index (κ3) is 5.79. The van der Waals surface area contributed by atoms with Gasteiger partial charge in [0.2, 0.25) is 5.91 Å². The van der Waals surface area contributed by atoms with Gasteiger partial charge in [-0.25, -0.2) is 4.39 Å². The van der Waals surface area contributed by atoms with Crippen LogP contribution in [0, 0.1) is 5.82 Å². The van der Waals surface area contributed by atoms with Gasteiger partial charge in [-0.15, -0.1) is 0 Å². The number of carbonyl (C=O) groups is 2. The smallest absolute Gasteiger partial charge is 0.307 e. The lowest BCUT2D eigenvalue weighted by Crippen LogP contribution is -2.12. The zero-order chi connectivity index (χ0) is 15.0. The topological polar surface area (TPSA) is 75.6 Å². The van der Waals surface area contributed by atoms with Crippen molar-refractivity contribution in [3.63, 3.8) is 0 Å². The van der Waals surface area contributed by atoms with E-state index >= 15 is 0 Å². The van der Waals surface area contributed by atoms with Crippen molar-refractivity contribution in [2.24, 2.45) is 0 Å². The number of carboxylic acid groups (broad SMARTS) is 1. The van der Waals surface area contributed by atoms with Crippen molar-refractivity contribution in [1.29, 1.82) is 0 Å². The van der Waals surface area contributed by atoms with Crippen LogP contribution in [-0.4, -0.2) is 30.7 Å². The first-order valence-corrected chi connectivity index (χ1v) is 6.32. The van der Waals surface area contributed by atoms with Gasteiger partial charge in [0.05, 0.1) is 6.42 Å². The molecule has 0 saturated heterocycles. The highest BCUT2D eigenvalue weighted by Gasteiger charge is 2.09. The van der Waals surface area contributed by atoms with Crippen molar-refractivity contribution in [2.45, 2.75) is 25.7 Å². The Morgan fingerprint density at radius 2 is 2.10 bits per heavy atom. The van der Waals surface area contributed by atoms with Crippen LogP contribution in [0.4, 0.5) is 10.1 Å². The summed E-state index contributed by atoms with van der Waals surface area (Å²) >= 11 is 0. The maximum Gasteiger partial charge on any atom is 0.307 e. The first-order chi connectivity index (χ1) is 9.52. The summed E-state index contributed by atoms with van der Waals surface area (Å²) in [6, 6.07) is 3.99. The first-order valence-electron chi connectivity index (χ1n) is 6.32. The van der Waals surface area contributed by atoms with Gasteiger partial charge < -0.3 is 15.2 Å². The van der Waals surface area contributed by atoms with Gasteiger partial charge in [-0.2, -0.15) is 0 Å². The minimum atomic E-state index is -1.10. The Hall–Kier alpha value is -1.95. The molecule has 6 heteroatoms. The SMILES string of the molecule is COCCCCC(=O)Nc1ccc(CC(=O)O)c(F)c1. The van der Waals surface area contributed by atoms with Crippen molar-refractivity contribution in [3.05, 3.63) is 29.6 Å². The minimum absolute atomic E-state index is 0.0931. The van der Waals surface area contributed by atoms with Gasteiger partial charge in [-0.05, 0) is 30.5 Å². The number of unbranched alkanes of at least 4 members (excludes halogenated alkanes) is 1. The van der Waals surface area contributed by atoms with Crippen LogP contribution in [0.15, 0.2) is 18.2 Å². The number of amides is 1. The second-order valence-electron chi connectivity index (χ2n) is 4.37. The molecule has 0 spiro atoms. The Labute approximate surface area is 116 Å². The summed E-state index contributed by atoms with van der Waals surface area (Å²) in [7, 11) is 1.60. The number of carboxylic acids is 1. The van der Waals surface area contributed by atoms with Crippen LogP contribution in [0.2, 0.25) is 0 Å². The molecule has 0 heterocycles. The molecular weight excluding hydrogens is 265 g/mol. The van der Waals surface area contributed by atoms with Crippen molar-refractivity contribution < 1.29 is 23.8 Å². The average molecular weight is 283 g/mol. The molecule has 0 fully saturated rings. The van der Waals surface area contributed by atoms with Gasteiger partial charge in [0, 0.05) is 25.8 Å². The van der Waals surface area contributed by atoms with Crippen molar-refractivity contribution in [2.75, 3.05) is 19.0 Å². The average Bonchev–Trinajstić information content (AvgIpc) is 2.37. The minimum Gasteiger partial charge on any atom is -0.481 e. The molecule has 1 amide bonds. The lowest BCUT2D eigenvalue weighted by molar-refractivity contribution is -0.136. The van der Waals surface area contributed by atoms with Crippen molar-refractivity contribution in [3.8, 4) is 0 Å². The second-order valence-corrected chi connectivity index (χ2v) is 4.37. The fourth-order valence-electron chi connectivity index (χ4n) is 1.69. The van der Waals surface area contributed by atoms with Crippen LogP contribution < -0.4 is 5.32 Å². The molecule has 1 aromatic rings. The zero-order valence-electron chi connectivity index (χ0n) is 11.3. The summed E-state index contributed by atoms with van der Waals surface area (Å²) in [4.78, 5) is 22.1.